The lowest BCUT2D eigenvalue weighted by Gasteiger charge is -2.40. The van der Waals surface area contributed by atoms with Gasteiger partial charge in [-0.25, -0.2) is 0 Å². The van der Waals surface area contributed by atoms with Crippen LogP contribution in [0.25, 0.3) is 0 Å². The highest BCUT2D eigenvalue weighted by Gasteiger charge is 2.23. The van der Waals surface area contributed by atoms with Crippen molar-refractivity contribution in [1.29, 1.82) is 0 Å². The van der Waals surface area contributed by atoms with Crippen LogP contribution in [0.5, 0.6) is 0 Å². The molecule has 1 unspecified atom stereocenters. The Morgan fingerprint density at radius 2 is 1.60 bits per heavy atom. The summed E-state index contributed by atoms with van der Waals surface area (Å²) in [5.41, 5.74) is 5.65. The number of piperazine rings is 1. The van der Waals surface area contributed by atoms with Gasteiger partial charge in [0.1, 0.15) is 0 Å². The summed E-state index contributed by atoms with van der Waals surface area (Å²) in [4.78, 5) is 5.18. The van der Waals surface area contributed by atoms with Gasteiger partial charge >= 0.3 is 0 Å². The van der Waals surface area contributed by atoms with Crippen molar-refractivity contribution in [3.05, 3.63) is 0 Å². The molecule has 1 aliphatic rings. The SMILES string of the molecule is CCC(CCN)N1CCN(C(C)C)CC1. The van der Waals surface area contributed by atoms with Gasteiger partial charge in [-0.05, 0) is 33.2 Å². The first-order valence-corrected chi connectivity index (χ1v) is 6.37. The first-order valence-electron chi connectivity index (χ1n) is 6.37. The van der Waals surface area contributed by atoms with Crippen molar-refractivity contribution in [2.24, 2.45) is 5.73 Å². The van der Waals surface area contributed by atoms with E-state index in [1.165, 1.54) is 32.6 Å². The minimum absolute atomic E-state index is 0.696. The fourth-order valence-electron chi connectivity index (χ4n) is 2.46. The van der Waals surface area contributed by atoms with Crippen LogP contribution in [0.4, 0.5) is 0 Å². The van der Waals surface area contributed by atoms with Crippen LogP contribution in [0, 0.1) is 0 Å². The maximum absolute atomic E-state index is 5.65. The third kappa shape index (κ3) is 3.74. The maximum Gasteiger partial charge on any atom is 0.0113 e. The molecule has 0 aromatic heterocycles. The predicted molar refractivity (Wildman–Crippen MR) is 66.0 cm³/mol. The van der Waals surface area contributed by atoms with Gasteiger partial charge in [-0.1, -0.05) is 6.92 Å². The van der Waals surface area contributed by atoms with Crippen LogP contribution >= 0.6 is 0 Å². The molecular formula is C12H27N3. The van der Waals surface area contributed by atoms with Crippen LogP contribution < -0.4 is 5.73 Å². The second-order valence-corrected chi connectivity index (χ2v) is 4.81. The first-order chi connectivity index (χ1) is 7.19. The molecule has 0 saturated carbocycles. The second kappa shape index (κ2) is 6.46. The third-order valence-electron chi connectivity index (χ3n) is 3.57. The number of rotatable bonds is 5. The fourth-order valence-corrected chi connectivity index (χ4v) is 2.46. The van der Waals surface area contributed by atoms with E-state index in [1.807, 2.05) is 0 Å². The monoisotopic (exact) mass is 213 g/mol. The molecule has 0 aromatic rings. The van der Waals surface area contributed by atoms with E-state index >= 15 is 0 Å². The Kier molecular flexibility index (Phi) is 5.58. The quantitative estimate of drug-likeness (QED) is 0.743. The van der Waals surface area contributed by atoms with Crippen LogP contribution in [0.3, 0.4) is 0 Å². The predicted octanol–water partition coefficient (Wildman–Crippen LogP) is 1.14. The van der Waals surface area contributed by atoms with Crippen LogP contribution in [0.1, 0.15) is 33.6 Å². The van der Waals surface area contributed by atoms with Crippen molar-refractivity contribution >= 4 is 0 Å². The van der Waals surface area contributed by atoms with E-state index in [-0.39, 0.29) is 0 Å². The highest BCUT2D eigenvalue weighted by atomic mass is 15.3. The average molecular weight is 213 g/mol. The Hall–Kier alpha value is -0.120. The number of hydrogen-bond donors (Lipinski definition) is 1. The van der Waals surface area contributed by atoms with Gasteiger partial charge in [0.05, 0.1) is 0 Å². The molecule has 1 saturated heterocycles. The van der Waals surface area contributed by atoms with Crippen molar-refractivity contribution < 1.29 is 0 Å². The molecule has 15 heavy (non-hydrogen) atoms. The smallest absolute Gasteiger partial charge is 0.0113 e. The molecule has 3 nitrogen and oxygen atoms in total. The second-order valence-electron chi connectivity index (χ2n) is 4.81. The minimum atomic E-state index is 0.696. The summed E-state index contributed by atoms with van der Waals surface area (Å²) in [6.45, 7) is 12.5. The minimum Gasteiger partial charge on any atom is -0.330 e. The van der Waals surface area contributed by atoms with Crippen molar-refractivity contribution in [3.8, 4) is 0 Å². The van der Waals surface area contributed by atoms with Crippen molar-refractivity contribution in [2.45, 2.75) is 45.7 Å². The van der Waals surface area contributed by atoms with E-state index in [4.69, 9.17) is 5.73 Å². The summed E-state index contributed by atoms with van der Waals surface area (Å²) in [5, 5.41) is 0. The summed E-state index contributed by atoms with van der Waals surface area (Å²) >= 11 is 0. The van der Waals surface area contributed by atoms with Gasteiger partial charge in [-0.15, -0.1) is 0 Å². The largest absolute Gasteiger partial charge is 0.330 e. The summed E-state index contributed by atoms with van der Waals surface area (Å²) in [7, 11) is 0. The Balaban J connectivity index is 2.35. The zero-order chi connectivity index (χ0) is 11.3. The standard InChI is InChI=1S/C12H27N3/c1-4-12(5-6-13)15-9-7-14(8-10-15)11(2)3/h11-12H,4-10,13H2,1-3H3. The van der Waals surface area contributed by atoms with Gasteiger partial charge in [-0.3, -0.25) is 9.80 Å². The van der Waals surface area contributed by atoms with E-state index in [1.54, 1.807) is 0 Å². The fraction of sp³-hybridized carbons (Fsp3) is 1.00. The lowest BCUT2D eigenvalue weighted by Crippen LogP contribution is -2.52. The Bertz CT molecular complexity index is 162. The van der Waals surface area contributed by atoms with Gasteiger partial charge in [0, 0.05) is 38.3 Å². The average Bonchev–Trinajstić information content (AvgIpc) is 2.26. The van der Waals surface area contributed by atoms with Crippen LogP contribution in [-0.4, -0.2) is 54.6 Å². The van der Waals surface area contributed by atoms with Crippen molar-refractivity contribution in [2.75, 3.05) is 32.7 Å². The normalized spacial score (nSPS) is 22.2. The Morgan fingerprint density at radius 1 is 1.07 bits per heavy atom. The van der Waals surface area contributed by atoms with E-state index in [0.717, 1.165) is 13.0 Å². The van der Waals surface area contributed by atoms with Crippen molar-refractivity contribution in [1.82, 2.24) is 9.80 Å². The van der Waals surface area contributed by atoms with Crippen LogP contribution in [0.2, 0.25) is 0 Å². The highest BCUT2D eigenvalue weighted by molar-refractivity contribution is 4.79. The Labute approximate surface area is 94.6 Å². The third-order valence-corrected chi connectivity index (χ3v) is 3.57. The number of hydrogen-bond acceptors (Lipinski definition) is 3. The Morgan fingerprint density at radius 3 is 2.00 bits per heavy atom. The molecule has 3 heteroatoms. The summed E-state index contributed by atoms with van der Waals surface area (Å²) in [5.74, 6) is 0. The van der Waals surface area contributed by atoms with E-state index in [0.29, 0.717) is 12.1 Å². The molecular weight excluding hydrogens is 186 g/mol. The maximum atomic E-state index is 5.65. The highest BCUT2D eigenvalue weighted by Crippen LogP contribution is 2.13. The van der Waals surface area contributed by atoms with Gasteiger partial charge in [0.25, 0.3) is 0 Å². The molecule has 0 amide bonds. The lowest BCUT2D eigenvalue weighted by molar-refractivity contribution is 0.0743. The molecule has 90 valence electrons. The molecule has 1 fully saturated rings. The van der Waals surface area contributed by atoms with Gasteiger partial charge < -0.3 is 5.73 Å². The molecule has 0 spiro atoms. The molecule has 1 rings (SSSR count). The summed E-state index contributed by atoms with van der Waals surface area (Å²) in [6.07, 6.45) is 2.39. The molecule has 0 radical (unpaired) electrons. The zero-order valence-corrected chi connectivity index (χ0v) is 10.6. The molecule has 1 heterocycles. The lowest BCUT2D eigenvalue weighted by atomic mass is 10.1. The van der Waals surface area contributed by atoms with E-state index in [2.05, 4.69) is 30.6 Å². The van der Waals surface area contributed by atoms with Gasteiger partial charge in [-0.2, -0.15) is 0 Å². The molecule has 0 aromatic carbocycles. The zero-order valence-electron chi connectivity index (χ0n) is 10.6. The molecule has 2 N–H and O–H groups in total. The molecule has 0 aliphatic carbocycles. The molecule has 1 atom stereocenters. The van der Waals surface area contributed by atoms with E-state index in [9.17, 15) is 0 Å². The van der Waals surface area contributed by atoms with Crippen LogP contribution in [0.15, 0.2) is 0 Å². The summed E-state index contributed by atoms with van der Waals surface area (Å²) in [6, 6.07) is 1.41. The van der Waals surface area contributed by atoms with Crippen molar-refractivity contribution in [3.63, 3.8) is 0 Å². The van der Waals surface area contributed by atoms with Gasteiger partial charge in [0.2, 0.25) is 0 Å². The van der Waals surface area contributed by atoms with Gasteiger partial charge in [0.15, 0.2) is 0 Å². The number of nitrogens with zero attached hydrogens (tertiary/aromatic N) is 2. The van der Waals surface area contributed by atoms with E-state index < -0.39 is 0 Å². The first kappa shape index (κ1) is 12.9. The summed E-state index contributed by atoms with van der Waals surface area (Å²) < 4.78 is 0. The van der Waals surface area contributed by atoms with Crippen LogP contribution in [-0.2, 0) is 0 Å². The molecule has 1 aliphatic heterocycles. The topological polar surface area (TPSA) is 32.5 Å². The number of nitrogens with two attached hydrogens (primary N) is 1. The molecule has 0 bridgehead atoms.